The lowest BCUT2D eigenvalue weighted by Crippen LogP contribution is -2.46. The molecular formula is C12H21N5O3S. The minimum absolute atomic E-state index is 0.209. The zero-order valence-electron chi connectivity index (χ0n) is 12.2. The molecule has 2 amide bonds. The van der Waals surface area contributed by atoms with E-state index in [0.29, 0.717) is 18.0 Å². The van der Waals surface area contributed by atoms with Crippen molar-refractivity contribution in [1.82, 2.24) is 25.4 Å². The highest BCUT2D eigenvalue weighted by Crippen LogP contribution is 2.01. The Balaban J connectivity index is 2.45. The van der Waals surface area contributed by atoms with Crippen LogP contribution in [0.25, 0.3) is 0 Å². The number of hydrogen-bond acceptors (Lipinski definition) is 5. The quantitative estimate of drug-likeness (QED) is 0.619. The summed E-state index contributed by atoms with van der Waals surface area (Å²) in [7, 11) is 0. The van der Waals surface area contributed by atoms with Crippen molar-refractivity contribution in [1.29, 1.82) is 0 Å². The fraction of sp³-hybridized carbons (Fsp3) is 0.667. The first-order chi connectivity index (χ1) is 10.1. The number of aromatic nitrogens is 3. The highest BCUT2D eigenvalue weighted by Gasteiger charge is 2.19. The summed E-state index contributed by atoms with van der Waals surface area (Å²) in [5.74, 6) is 0.276. The van der Waals surface area contributed by atoms with Gasteiger partial charge < -0.3 is 15.7 Å². The normalized spacial score (nSPS) is 11.9. The van der Waals surface area contributed by atoms with E-state index in [1.165, 1.54) is 18.1 Å². The number of hydrogen-bond donors (Lipinski definition) is 3. The summed E-state index contributed by atoms with van der Waals surface area (Å²) in [5.41, 5.74) is 0. The smallest absolute Gasteiger partial charge is 0.326 e. The summed E-state index contributed by atoms with van der Waals surface area (Å²) in [6.07, 6.45) is 4.62. The number of rotatable bonds is 9. The van der Waals surface area contributed by atoms with E-state index < -0.39 is 18.0 Å². The molecule has 0 aliphatic heterocycles. The topological polar surface area (TPSA) is 109 Å². The van der Waals surface area contributed by atoms with Gasteiger partial charge in [-0.3, -0.25) is 0 Å². The summed E-state index contributed by atoms with van der Waals surface area (Å²) < 4.78 is 1.71. The number of carbonyl (C=O) groups excluding carboxylic acids is 1. The monoisotopic (exact) mass is 315 g/mol. The van der Waals surface area contributed by atoms with Gasteiger partial charge in [-0.05, 0) is 24.9 Å². The van der Waals surface area contributed by atoms with E-state index in [0.717, 1.165) is 13.0 Å². The van der Waals surface area contributed by atoms with Gasteiger partial charge in [0.2, 0.25) is 0 Å². The third kappa shape index (κ3) is 6.03. The van der Waals surface area contributed by atoms with Crippen LogP contribution in [0, 0.1) is 0 Å². The van der Waals surface area contributed by atoms with Crippen molar-refractivity contribution in [3.8, 4) is 0 Å². The lowest BCUT2D eigenvalue weighted by molar-refractivity contribution is -0.139. The average Bonchev–Trinajstić information content (AvgIpc) is 2.88. The van der Waals surface area contributed by atoms with Crippen LogP contribution in [0.4, 0.5) is 4.79 Å². The fourth-order valence-corrected chi connectivity index (χ4v) is 2.16. The van der Waals surface area contributed by atoms with E-state index in [1.807, 2.05) is 13.2 Å². The summed E-state index contributed by atoms with van der Waals surface area (Å²) >= 11 is 1.54. The molecule has 0 aliphatic rings. The summed E-state index contributed by atoms with van der Waals surface area (Å²) in [4.78, 5) is 26.8. The minimum Gasteiger partial charge on any atom is -0.480 e. The van der Waals surface area contributed by atoms with Crippen molar-refractivity contribution in [2.75, 3.05) is 12.0 Å². The van der Waals surface area contributed by atoms with Crippen LogP contribution in [0.1, 0.15) is 25.6 Å². The lowest BCUT2D eigenvalue weighted by Gasteiger charge is -2.14. The van der Waals surface area contributed by atoms with Gasteiger partial charge in [0.15, 0.2) is 0 Å². The second kappa shape index (κ2) is 9.22. The molecule has 1 rings (SSSR count). The van der Waals surface area contributed by atoms with Gasteiger partial charge in [0.1, 0.15) is 18.2 Å². The number of thioether (sulfide) groups is 1. The van der Waals surface area contributed by atoms with Gasteiger partial charge in [-0.1, -0.05) is 6.92 Å². The van der Waals surface area contributed by atoms with E-state index in [2.05, 4.69) is 20.7 Å². The van der Waals surface area contributed by atoms with Gasteiger partial charge in [0.25, 0.3) is 0 Å². The second-order valence-electron chi connectivity index (χ2n) is 4.40. The van der Waals surface area contributed by atoms with Crippen molar-refractivity contribution in [2.24, 2.45) is 0 Å². The van der Waals surface area contributed by atoms with Crippen LogP contribution in [0.5, 0.6) is 0 Å². The van der Waals surface area contributed by atoms with E-state index in [4.69, 9.17) is 5.11 Å². The molecule has 3 N–H and O–H groups in total. The highest BCUT2D eigenvalue weighted by atomic mass is 32.2. The third-order valence-corrected chi connectivity index (χ3v) is 3.40. The van der Waals surface area contributed by atoms with Crippen LogP contribution in [-0.2, 0) is 17.9 Å². The molecule has 8 nitrogen and oxygen atoms in total. The van der Waals surface area contributed by atoms with Crippen molar-refractivity contribution in [3.05, 3.63) is 12.2 Å². The molecular weight excluding hydrogens is 294 g/mol. The second-order valence-corrected chi connectivity index (χ2v) is 5.38. The van der Waals surface area contributed by atoms with Crippen LogP contribution in [0.2, 0.25) is 0 Å². The number of carboxylic acids is 1. The first-order valence-electron chi connectivity index (χ1n) is 6.71. The van der Waals surface area contributed by atoms with Crippen LogP contribution in [0.3, 0.4) is 0 Å². The molecule has 21 heavy (non-hydrogen) atoms. The Labute approximate surface area is 127 Å². The number of aryl methyl sites for hydroxylation is 1. The Bertz CT molecular complexity index is 466. The zero-order chi connectivity index (χ0) is 15.7. The van der Waals surface area contributed by atoms with Crippen LogP contribution in [-0.4, -0.2) is 49.9 Å². The number of nitrogens with zero attached hydrogens (tertiary/aromatic N) is 3. The molecule has 0 radical (unpaired) electrons. The Kier molecular flexibility index (Phi) is 7.59. The van der Waals surface area contributed by atoms with Gasteiger partial charge in [-0.2, -0.15) is 16.9 Å². The number of aliphatic carboxylic acids is 1. The summed E-state index contributed by atoms with van der Waals surface area (Å²) in [6.45, 7) is 2.96. The lowest BCUT2D eigenvalue weighted by atomic mass is 10.2. The molecule has 0 spiro atoms. The number of carbonyl (C=O) groups is 2. The molecule has 9 heteroatoms. The molecule has 118 valence electrons. The zero-order valence-corrected chi connectivity index (χ0v) is 13.0. The van der Waals surface area contributed by atoms with Gasteiger partial charge in [-0.15, -0.1) is 0 Å². The van der Waals surface area contributed by atoms with Crippen molar-refractivity contribution < 1.29 is 14.7 Å². The van der Waals surface area contributed by atoms with Gasteiger partial charge >= 0.3 is 12.0 Å². The van der Waals surface area contributed by atoms with Crippen LogP contribution in [0.15, 0.2) is 6.33 Å². The number of nitrogens with one attached hydrogen (secondary N) is 2. The Morgan fingerprint density at radius 1 is 1.52 bits per heavy atom. The summed E-state index contributed by atoms with van der Waals surface area (Å²) in [6, 6.07) is -1.40. The molecule has 1 unspecified atom stereocenters. The largest absolute Gasteiger partial charge is 0.480 e. The average molecular weight is 315 g/mol. The third-order valence-electron chi connectivity index (χ3n) is 2.75. The first-order valence-corrected chi connectivity index (χ1v) is 8.10. The van der Waals surface area contributed by atoms with Crippen LogP contribution >= 0.6 is 11.8 Å². The number of amides is 2. The molecule has 0 aromatic carbocycles. The fourth-order valence-electron chi connectivity index (χ4n) is 1.69. The molecule has 1 heterocycles. The van der Waals surface area contributed by atoms with E-state index in [1.54, 1.807) is 4.68 Å². The van der Waals surface area contributed by atoms with Crippen LogP contribution < -0.4 is 10.6 Å². The molecule has 1 aromatic rings. The summed E-state index contributed by atoms with van der Waals surface area (Å²) in [5, 5.41) is 18.1. The Morgan fingerprint density at radius 2 is 2.29 bits per heavy atom. The van der Waals surface area contributed by atoms with E-state index in [9.17, 15) is 9.59 Å². The number of carboxylic acid groups (broad SMARTS) is 1. The molecule has 1 aromatic heterocycles. The molecule has 0 aliphatic carbocycles. The molecule has 0 bridgehead atoms. The van der Waals surface area contributed by atoms with Gasteiger partial charge in [0, 0.05) is 6.54 Å². The standard InChI is InChI=1S/C12H21N5O3S/c1-3-5-17-10(14-8-15-17)7-13-12(20)16-9(11(18)19)4-6-21-2/h8-9H,3-7H2,1-2H3,(H,18,19)(H2,13,16,20). The SMILES string of the molecule is CCCn1ncnc1CNC(=O)NC(CCSC)C(=O)O. The van der Waals surface area contributed by atoms with Crippen molar-refractivity contribution in [3.63, 3.8) is 0 Å². The minimum atomic E-state index is -1.03. The highest BCUT2D eigenvalue weighted by molar-refractivity contribution is 7.98. The molecule has 0 saturated carbocycles. The van der Waals surface area contributed by atoms with Crippen molar-refractivity contribution >= 4 is 23.8 Å². The maximum atomic E-state index is 11.7. The van der Waals surface area contributed by atoms with Gasteiger partial charge in [-0.25, -0.2) is 19.3 Å². The predicted octanol–water partition coefficient (Wildman–Crippen LogP) is 0.694. The molecule has 1 atom stereocenters. The van der Waals surface area contributed by atoms with Gasteiger partial charge in [0.05, 0.1) is 6.54 Å². The predicted molar refractivity (Wildman–Crippen MR) is 80.1 cm³/mol. The van der Waals surface area contributed by atoms with E-state index in [-0.39, 0.29) is 6.54 Å². The Hall–Kier alpha value is -1.77. The Morgan fingerprint density at radius 3 is 2.90 bits per heavy atom. The maximum absolute atomic E-state index is 11.7. The first kappa shape index (κ1) is 17.3. The van der Waals surface area contributed by atoms with E-state index >= 15 is 0 Å². The number of urea groups is 1. The van der Waals surface area contributed by atoms with Crippen molar-refractivity contribution in [2.45, 2.75) is 38.9 Å². The molecule has 0 saturated heterocycles. The maximum Gasteiger partial charge on any atom is 0.326 e. The molecule has 0 fully saturated rings.